The van der Waals surface area contributed by atoms with Crippen molar-refractivity contribution in [2.45, 2.75) is 37.5 Å². The second-order valence-electron chi connectivity index (χ2n) is 3.68. The summed E-state index contributed by atoms with van der Waals surface area (Å²) in [6.07, 6.45) is 0.929. The number of aromatic amines is 1. The first-order chi connectivity index (χ1) is 7.99. The molecule has 1 aromatic heterocycles. The van der Waals surface area contributed by atoms with E-state index in [0.29, 0.717) is 16.3 Å². The summed E-state index contributed by atoms with van der Waals surface area (Å²) in [5.74, 6) is -0.475. The van der Waals surface area contributed by atoms with Crippen LogP contribution >= 0.6 is 11.8 Å². The average molecular weight is 256 g/mol. The minimum atomic E-state index is -0.475. The molecule has 0 unspecified atom stereocenters. The highest BCUT2D eigenvalue weighted by Crippen LogP contribution is 2.26. The van der Waals surface area contributed by atoms with Crippen LogP contribution < -0.4 is 5.69 Å². The number of methoxy groups -OCH3 is 1. The second kappa shape index (κ2) is 5.86. The van der Waals surface area contributed by atoms with Crippen LogP contribution in [0.4, 0.5) is 0 Å². The summed E-state index contributed by atoms with van der Waals surface area (Å²) in [7, 11) is 1.31. The van der Waals surface area contributed by atoms with Crippen LogP contribution in [-0.4, -0.2) is 28.3 Å². The molecule has 0 radical (unpaired) electrons. The molecule has 0 aromatic carbocycles. The number of esters is 1. The van der Waals surface area contributed by atoms with Crippen LogP contribution in [0.2, 0.25) is 0 Å². The Bertz CT molecular complexity index is 470. The number of thioether (sulfide) groups is 1. The van der Waals surface area contributed by atoms with Crippen LogP contribution in [0.5, 0.6) is 0 Å². The predicted molar refractivity (Wildman–Crippen MR) is 66.5 cm³/mol. The largest absolute Gasteiger partial charge is 0.465 e. The average Bonchev–Trinajstić information content (AvgIpc) is 2.27. The SMILES string of the molecule is CC[C@@H](C)Sc1nc(=O)[nH]c(C)c1C(=O)OC. The molecule has 0 saturated carbocycles. The zero-order valence-electron chi connectivity index (χ0n) is 10.4. The minimum absolute atomic E-state index is 0.284. The quantitative estimate of drug-likeness (QED) is 0.505. The summed E-state index contributed by atoms with van der Waals surface area (Å²) in [6.45, 7) is 5.72. The molecule has 6 heteroatoms. The summed E-state index contributed by atoms with van der Waals surface area (Å²) >= 11 is 1.41. The first-order valence-corrected chi connectivity index (χ1v) is 6.23. The number of nitrogens with one attached hydrogen (secondary N) is 1. The number of aromatic nitrogens is 2. The van der Waals surface area contributed by atoms with Crippen LogP contribution in [0.15, 0.2) is 9.82 Å². The van der Waals surface area contributed by atoms with Crippen molar-refractivity contribution in [2.24, 2.45) is 0 Å². The number of nitrogens with zero attached hydrogens (tertiary/aromatic N) is 1. The summed E-state index contributed by atoms with van der Waals surface area (Å²) in [4.78, 5) is 29.3. The normalized spacial score (nSPS) is 12.2. The van der Waals surface area contributed by atoms with Crippen LogP contribution in [0, 0.1) is 6.92 Å². The molecule has 1 aromatic rings. The molecular weight excluding hydrogens is 240 g/mol. The van der Waals surface area contributed by atoms with E-state index in [1.807, 2.05) is 13.8 Å². The van der Waals surface area contributed by atoms with Crippen molar-refractivity contribution in [3.05, 3.63) is 21.7 Å². The number of H-pyrrole nitrogens is 1. The zero-order valence-corrected chi connectivity index (χ0v) is 11.2. The molecule has 17 heavy (non-hydrogen) atoms. The number of rotatable bonds is 4. The van der Waals surface area contributed by atoms with E-state index in [1.54, 1.807) is 6.92 Å². The molecule has 0 aliphatic heterocycles. The van der Waals surface area contributed by atoms with Gasteiger partial charge in [-0.15, -0.1) is 11.8 Å². The van der Waals surface area contributed by atoms with Gasteiger partial charge >= 0.3 is 11.7 Å². The Labute approximate surface area is 104 Å². The molecule has 0 aliphatic rings. The van der Waals surface area contributed by atoms with E-state index in [9.17, 15) is 9.59 Å². The second-order valence-corrected chi connectivity index (χ2v) is 5.10. The van der Waals surface area contributed by atoms with Gasteiger partial charge in [0.05, 0.1) is 7.11 Å². The van der Waals surface area contributed by atoms with Crippen molar-refractivity contribution in [1.82, 2.24) is 9.97 Å². The molecule has 0 aliphatic carbocycles. The number of carbonyl (C=O) groups excluding carboxylic acids is 1. The fraction of sp³-hybridized carbons (Fsp3) is 0.545. The van der Waals surface area contributed by atoms with E-state index < -0.39 is 11.7 Å². The number of carbonyl (C=O) groups is 1. The third kappa shape index (κ3) is 3.33. The van der Waals surface area contributed by atoms with Gasteiger partial charge in [-0.3, -0.25) is 0 Å². The van der Waals surface area contributed by atoms with Crippen molar-refractivity contribution in [3.8, 4) is 0 Å². The molecule has 0 saturated heterocycles. The first-order valence-electron chi connectivity index (χ1n) is 5.35. The summed E-state index contributed by atoms with van der Waals surface area (Å²) in [5.41, 5.74) is 0.390. The standard InChI is InChI=1S/C11H16N2O3S/c1-5-6(2)17-9-8(10(14)16-4)7(3)12-11(15)13-9/h6H,5H2,1-4H3,(H,12,13,15)/t6-/m1/s1. The topological polar surface area (TPSA) is 72.0 Å². The maximum absolute atomic E-state index is 11.6. The molecule has 94 valence electrons. The van der Waals surface area contributed by atoms with Gasteiger partial charge in [0.25, 0.3) is 0 Å². The molecule has 1 atom stereocenters. The van der Waals surface area contributed by atoms with E-state index in [0.717, 1.165) is 6.42 Å². The Morgan fingerprint density at radius 2 is 2.24 bits per heavy atom. The van der Waals surface area contributed by atoms with Crippen LogP contribution in [-0.2, 0) is 4.74 Å². The van der Waals surface area contributed by atoms with Gasteiger partial charge in [0.2, 0.25) is 0 Å². The van der Waals surface area contributed by atoms with Gasteiger partial charge in [0.1, 0.15) is 10.6 Å². The molecule has 1 heterocycles. The Morgan fingerprint density at radius 1 is 1.59 bits per heavy atom. The lowest BCUT2D eigenvalue weighted by Gasteiger charge is -2.11. The lowest BCUT2D eigenvalue weighted by atomic mass is 10.2. The fourth-order valence-corrected chi connectivity index (χ4v) is 2.30. The van der Waals surface area contributed by atoms with Crippen molar-refractivity contribution in [1.29, 1.82) is 0 Å². The molecule has 1 N–H and O–H groups in total. The van der Waals surface area contributed by atoms with E-state index in [1.165, 1.54) is 18.9 Å². The lowest BCUT2D eigenvalue weighted by molar-refractivity contribution is 0.0594. The minimum Gasteiger partial charge on any atom is -0.465 e. The Hall–Kier alpha value is -1.30. The highest BCUT2D eigenvalue weighted by Gasteiger charge is 2.19. The van der Waals surface area contributed by atoms with E-state index in [-0.39, 0.29) is 5.25 Å². The maximum atomic E-state index is 11.6. The number of ether oxygens (including phenoxy) is 1. The molecule has 0 amide bonds. The first kappa shape index (κ1) is 13.8. The van der Waals surface area contributed by atoms with Crippen molar-refractivity contribution < 1.29 is 9.53 Å². The van der Waals surface area contributed by atoms with E-state index in [4.69, 9.17) is 4.74 Å². The fourth-order valence-electron chi connectivity index (χ4n) is 1.26. The van der Waals surface area contributed by atoms with Crippen LogP contribution in [0.3, 0.4) is 0 Å². The monoisotopic (exact) mass is 256 g/mol. The Balaban J connectivity index is 3.25. The van der Waals surface area contributed by atoms with Gasteiger partial charge in [-0.25, -0.2) is 9.59 Å². The zero-order chi connectivity index (χ0) is 13.0. The third-order valence-corrected chi connectivity index (χ3v) is 3.62. The van der Waals surface area contributed by atoms with Crippen molar-refractivity contribution >= 4 is 17.7 Å². The number of aryl methyl sites for hydroxylation is 1. The maximum Gasteiger partial charge on any atom is 0.346 e. The van der Waals surface area contributed by atoms with Crippen LogP contribution in [0.1, 0.15) is 36.3 Å². The van der Waals surface area contributed by atoms with E-state index in [2.05, 4.69) is 9.97 Å². The van der Waals surface area contributed by atoms with E-state index >= 15 is 0 Å². The number of hydrogen-bond acceptors (Lipinski definition) is 5. The highest BCUT2D eigenvalue weighted by molar-refractivity contribution is 7.99. The summed E-state index contributed by atoms with van der Waals surface area (Å²) in [5, 5.41) is 0.722. The molecule has 0 fully saturated rings. The molecule has 0 bridgehead atoms. The Kier molecular flexibility index (Phi) is 4.74. The van der Waals surface area contributed by atoms with Gasteiger partial charge in [-0.2, -0.15) is 4.98 Å². The van der Waals surface area contributed by atoms with Crippen LogP contribution in [0.25, 0.3) is 0 Å². The number of hydrogen-bond donors (Lipinski definition) is 1. The lowest BCUT2D eigenvalue weighted by Crippen LogP contribution is -2.19. The highest BCUT2D eigenvalue weighted by atomic mass is 32.2. The van der Waals surface area contributed by atoms with Gasteiger partial charge in [0.15, 0.2) is 0 Å². The van der Waals surface area contributed by atoms with Gasteiger partial charge in [-0.1, -0.05) is 13.8 Å². The van der Waals surface area contributed by atoms with Crippen molar-refractivity contribution in [2.75, 3.05) is 7.11 Å². The summed E-state index contributed by atoms with van der Waals surface area (Å²) < 4.78 is 4.70. The Morgan fingerprint density at radius 3 is 2.76 bits per heavy atom. The molecular formula is C11H16N2O3S. The molecule has 1 rings (SSSR count). The van der Waals surface area contributed by atoms with Crippen molar-refractivity contribution in [3.63, 3.8) is 0 Å². The molecule has 0 spiro atoms. The van der Waals surface area contributed by atoms with Gasteiger partial charge in [0, 0.05) is 10.9 Å². The smallest absolute Gasteiger partial charge is 0.346 e. The van der Waals surface area contributed by atoms with Gasteiger partial charge in [-0.05, 0) is 13.3 Å². The third-order valence-electron chi connectivity index (χ3n) is 2.36. The predicted octanol–water partition coefficient (Wildman–Crippen LogP) is 1.76. The van der Waals surface area contributed by atoms with Gasteiger partial charge < -0.3 is 9.72 Å². The summed E-state index contributed by atoms with van der Waals surface area (Å²) in [6, 6.07) is 0. The molecule has 5 nitrogen and oxygen atoms in total.